The zero-order valence-corrected chi connectivity index (χ0v) is 11.1. The van der Waals surface area contributed by atoms with Crippen LogP contribution in [-0.4, -0.2) is 55.2 Å². The highest BCUT2D eigenvalue weighted by Gasteiger charge is 2.31. The van der Waals surface area contributed by atoms with Gasteiger partial charge in [-0.25, -0.2) is 13.1 Å². The molecular formula is C10H19NO6S. The largest absolute Gasteiger partial charge is 0.481 e. The summed E-state index contributed by atoms with van der Waals surface area (Å²) in [6, 6.07) is 0. The minimum atomic E-state index is -3.54. The summed E-state index contributed by atoms with van der Waals surface area (Å²) in [7, 11) is -3.54. The molecule has 1 aliphatic heterocycles. The van der Waals surface area contributed by atoms with Gasteiger partial charge in [0.1, 0.15) is 0 Å². The summed E-state index contributed by atoms with van der Waals surface area (Å²) < 4.78 is 31.1. The molecule has 1 atom stereocenters. The summed E-state index contributed by atoms with van der Waals surface area (Å²) in [5.74, 6) is -1.18. The summed E-state index contributed by atoms with van der Waals surface area (Å²) in [5, 5.41) is 17.8. The van der Waals surface area contributed by atoms with Crippen LogP contribution in [0.5, 0.6) is 0 Å². The predicted molar refractivity (Wildman–Crippen MR) is 63.6 cm³/mol. The van der Waals surface area contributed by atoms with Crippen LogP contribution in [0.3, 0.4) is 0 Å². The third kappa shape index (κ3) is 4.89. The number of aliphatic hydroxyl groups is 1. The Morgan fingerprint density at radius 3 is 2.50 bits per heavy atom. The molecule has 0 saturated carbocycles. The number of carboxylic acids is 1. The first-order chi connectivity index (χ1) is 8.23. The Bertz CT molecular complexity index is 385. The van der Waals surface area contributed by atoms with E-state index in [1.807, 2.05) is 0 Å². The van der Waals surface area contributed by atoms with E-state index in [0.717, 1.165) is 0 Å². The lowest BCUT2D eigenvalue weighted by atomic mass is 10.0. The molecule has 0 aromatic heterocycles. The maximum Gasteiger partial charge on any atom is 0.306 e. The lowest BCUT2D eigenvalue weighted by molar-refractivity contribution is -0.141. The van der Waals surface area contributed by atoms with E-state index in [1.165, 1.54) is 6.92 Å². The van der Waals surface area contributed by atoms with Crippen molar-refractivity contribution in [3.8, 4) is 0 Å². The van der Waals surface area contributed by atoms with E-state index in [9.17, 15) is 18.3 Å². The molecule has 0 radical (unpaired) electrons. The first kappa shape index (κ1) is 15.4. The fourth-order valence-electron chi connectivity index (χ4n) is 1.75. The number of nitrogens with one attached hydrogen (secondary N) is 1. The highest BCUT2D eigenvalue weighted by molar-refractivity contribution is 7.90. The van der Waals surface area contributed by atoms with Crippen molar-refractivity contribution in [3.05, 3.63) is 0 Å². The lowest BCUT2D eigenvalue weighted by Gasteiger charge is -2.26. The smallest absolute Gasteiger partial charge is 0.306 e. The normalized spacial score (nSPS) is 21.4. The van der Waals surface area contributed by atoms with E-state index in [0.29, 0.717) is 26.1 Å². The molecular weight excluding hydrogens is 262 g/mol. The van der Waals surface area contributed by atoms with Gasteiger partial charge in [-0.1, -0.05) is 0 Å². The number of hydrogen-bond acceptors (Lipinski definition) is 5. The predicted octanol–water partition coefficient (Wildman–Crippen LogP) is -0.689. The molecule has 0 spiro atoms. The molecule has 1 heterocycles. The number of sulfonamides is 1. The summed E-state index contributed by atoms with van der Waals surface area (Å²) in [6.45, 7) is 1.78. The third-order valence-electron chi connectivity index (χ3n) is 2.79. The molecule has 0 bridgehead atoms. The van der Waals surface area contributed by atoms with E-state index >= 15 is 0 Å². The van der Waals surface area contributed by atoms with Crippen molar-refractivity contribution >= 4 is 16.0 Å². The molecule has 1 unspecified atom stereocenters. The van der Waals surface area contributed by atoms with Crippen molar-refractivity contribution in [1.82, 2.24) is 4.72 Å². The van der Waals surface area contributed by atoms with Crippen molar-refractivity contribution in [2.75, 3.05) is 19.8 Å². The van der Waals surface area contributed by atoms with Gasteiger partial charge in [0.25, 0.3) is 0 Å². The topological polar surface area (TPSA) is 113 Å². The molecule has 106 valence electrons. The Morgan fingerprint density at radius 1 is 1.44 bits per heavy atom. The summed E-state index contributed by atoms with van der Waals surface area (Å²) >= 11 is 0. The Hall–Kier alpha value is -0.700. The monoisotopic (exact) mass is 281 g/mol. The van der Waals surface area contributed by atoms with Gasteiger partial charge in [-0.05, 0) is 19.8 Å². The van der Waals surface area contributed by atoms with Crippen LogP contribution in [0.1, 0.15) is 26.2 Å². The van der Waals surface area contributed by atoms with Gasteiger partial charge in [-0.15, -0.1) is 0 Å². The van der Waals surface area contributed by atoms with Crippen molar-refractivity contribution in [1.29, 1.82) is 0 Å². The van der Waals surface area contributed by atoms with Gasteiger partial charge in [-0.2, -0.15) is 0 Å². The number of carbonyl (C=O) groups is 1. The van der Waals surface area contributed by atoms with E-state index in [-0.39, 0.29) is 6.54 Å². The number of aliphatic carboxylic acids is 1. The summed E-state index contributed by atoms with van der Waals surface area (Å²) in [4.78, 5) is 10.5. The second-order valence-corrected chi connectivity index (χ2v) is 6.79. The minimum absolute atomic E-state index is 0.307. The van der Waals surface area contributed by atoms with Crippen LogP contribution in [-0.2, 0) is 19.6 Å². The van der Waals surface area contributed by atoms with Gasteiger partial charge in [0.15, 0.2) is 0 Å². The number of rotatable bonds is 6. The van der Waals surface area contributed by atoms with Crippen molar-refractivity contribution in [3.63, 3.8) is 0 Å². The quantitative estimate of drug-likeness (QED) is 0.594. The molecule has 0 aliphatic carbocycles. The lowest BCUT2D eigenvalue weighted by Crippen LogP contribution is -2.46. The maximum atomic E-state index is 11.9. The zero-order chi connectivity index (χ0) is 13.8. The highest BCUT2D eigenvalue weighted by atomic mass is 32.2. The molecule has 1 saturated heterocycles. The first-order valence-corrected chi connectivity index (χ1v) is 7.28. The van der Waals surface area contributed by atoms with Crippen LogP contribution in [0.15, 0.2) is 0 Å². The average molecular weight is 281 g/mol. The van der Waals surface area contributed by atoms with Gasteiger partial charge in [-0.3, -0.25) is 4.79 Å². The fourth-order valence-corrected chi connectivity index (χ4v) is 3.31. The molecule has 1 aliphatic rings. The van der Waals surface area contributed by atoms with Gasteiger partial charge in [0.05, 0.1) is 17.3 Å². The molecule has 7 nitrogen and oxygen atoms in total. The second-order valence-electron chi connectivity index (χ2n) is 4.75. The van der Waals surface area contributed by atoms with Gasteiger partial charge < -0.3 is 14.9 Å². The van der Waals surface area contributed by atoms with Crippen molar-refractivity contribution in [2.24, 2.45) is 0 Å². The standard InChI is InChI=1S/C10H19NO6S/c1-10(14,6-9(12)13)7-11-18(15,16)8-2-4-17-5-3-8/h8,11,14H,2-7H2,1H3,(H,12,13). The number of hydrogen-bond donors (Lipinski definition) is 3. The maximum absolute atomic E-state index is 11.9. The van der Waals surface area contributed by atoms with Crippen LogP contribution < -0.4 is 4.72 Å². The highest BCUT2D eigenvalue weighted by Crippen LogP contribution is 2.16. The van der Waals surface area contributed by atoms with Crippen LogP contribution >= 0.6 is 0 Å². The van der Waals surface area contributed by atoms with Crippen LogP contribution in [0, 0.1) is 0 Å². The Morgan fingerprint density at radius 2 is 2.00 bits per heavy atom. The van der Waals surface area contributed by atoms with Crippen LogP contribution in [0.2, 0.25) is 0 Å². The minimum Gasteiger partial charge on any atom is -0.481 e. The van der Waals surface area contributed by atoms with Gasteiger partial charge in [0, 0.05) is 19.8 Å². The Kier molecular flexibility index (Phi) is 5.09. The fraction of sp³-hybridized carbons (Fsp3) is 0.900. The van der Waals surface area contributed by atoms with Gasteiger partial charge >= 0.3 is 5.97 Å². The van der Waals surface area contributed by atoms with E-state index in [2.05, 4.69) is 4.72 Å². The third-order valence-corrected chi connectivity index (χ3v) is 4.69. The Balaban J connectivity index is 2.52. The molecule has 1 rings (SSSR count). The van der Waals surface area contributed by atoms with Gasteiger partial charge in [0.2, 0.25) is 10.0 Å². The van der Waals surface area contributed by atoms with E-state index in [4.69, 9.17) is 9.84 Å². The van der Waals surface area contributed by atoms with Crippen molar-refractivity contribution in [2.45, 2.75) is 37.0 Å². The molecule has 3 N–H and O–H groups in total. The molecule has 1 fully saturated rings. The van der Waals surface area contributed by atoms with E-state index < -0.39 is 33.3 Å². The molecule has 0 aromatic carbocycles. The van der Waals surface area contributed by atoms with Crippen LogP contribution in [0.4, 0.5) is 0 Å². The summed E-state index contributed by atoms with van der Waals surface area (Å²) in [6.07, 6.45) is 0.316. The first-order valence-electron chi connectivity index (χ1n) is 5.73. The SMILES string of the molecule is CC(O)(CNS(=O)(=O)C1CCOCC1)CC(=O)O. The number of carboxylic acid groups (broad SMARTS) is 1. The zero-order valence-electron chi connectivity index (χ0n) is 10.3. The molecule has 18 heavy (non-hydrogen) atoms. The van der Waals surface area contributed by atoms with Crippen LogP contribution in [0.25, 0.3) is 0 Å². The Labute approximate surface area is 106 Å². The van der Waals surface area contributed by atoms with E-state index in [1.54, 1.807) is 0 Å². The second kappa shape index (κ2) is 5.96. The van der Waals surface area contributed by atoms with Crippen molar-refractivity contribution < 1.29 is 28.2 Å². The number of ether oxygens (including phenoxy) is 1. The summed E-state index contributed by atoms with van der Waals surface area (Å²) in [5.41, 5.74) is -1.59. The average Bonchev–Trinajstić information content (AvgIpc) is 2.26. The molecule has 8 heteroatoms. The molecule has 0 aromatic rings. The molecule has 0 amide bonds.